The monoisotopic (exact) mass is 395 g/mol. The van der Waals surface area contributed by atoms with Gasteiger partial charge in [-0.2, -0.15) is 0 Å². The Morgan fingerprint density at radius 2 is 1.60 bits per heavy atom. The van der Waals surface area contributed by atoms with E-state index in [4.69, 9.17) is 35.4 Å². The van der Waals surface area contributed by atoms with Crippen molar-refractivity contribution in [2.75, 3.05) is 10.6 Å². The van der Waals surface area contributed by atoms with E-state index in [-0.39, 0.29) is 11.0 Å². The number of hydrogen-bond donors (Lipinski definition) is 3. The van der Waals surface area contributed by atoms with E-state index in [1.807, 2.05) is 0 Å². The maximum Gasteiger partial charge on any atom is 0.257 e. The molecule has 2 aromatic rings. The first kappa shape index (κ1) is 19.2. The molecule has 0 heterocycles. The Balaban J connectivity index is 2.01. The molecule has 0 radical (unpaired) electrons. The summed E-state index contributed by atoms with van der Waals surface area (Å²) in [4.78, 5) is 23.6. The van der Waals surface area contributed by atoms with E-state index in [9.17, 15) is 9.59 Å². The molecule has 2 rings (SSSR count). The summed E-state index contributed by atoms with van der Waals surface area (Å²) in [6.07, 6.45) is 0.383. The number of benzene rings is 2. The van der Waals surface area contributed by atoms with Crippen molar-refractivity contribution in [3.63, 3.8) is 0 Å². The molecule has 0 aromatic heterocycles. The van der Waals surface area contributed by atoms with E-state index in [0.29, 0.717) is 33.4 Å². The zero-order valence-corrected chi connectivity index (χ0v) is 15.6. The first-order valence-corrected chi connectivity index (χ1v) is 8.52. The van der Waals surface area contributed by atoms with Gasteiger partial charge in [0, 0.05) is 33.4 Å². The van der Waals surface area contributed by atoms with Gasteiger partial charge in [-0.3, -0.25) is 14.9 Å². The molecule has 0 aliphatic heterocycles. The van der Waals surface area contributed by atoms with Crippen LogP contribution in [0, 0.1) is 0 Å². The highest BCUT2D eigenvalue weighted by atomic mass is 35.5. The van der Waals surface area contributed by atoms with Crippen LogP contribution < -0.4 is 16.0 Å². The number of hydrogen-bond acceptors (Lipinski definition) is 3. The van der Waals surface area contributed by atoms with Crippen LogP contribution in [0.5, 0.6) is 0 Å². The zero-order chi connectivity index (χ0) is 18.4. The average molecular weight is 396 g/mol. The minimum Gasteiger partial charge on any atom is -0.332 e. The minimum atomic E-state index is -0.433. The summed E-state index contributed by atoms with van der Waals surface area (Å²) in [5.74, 6) is -0.525. The number of amides is 2. The van der Waals surface area contributed by atoms with E-state index in [0.717, 1.165) is 0 Å². The Morgan fingerprint density at radius 1 is 1.00 bits per heavy atom. The van der Waals surface area contributed by atoms with E-state index in [1.54, 1.807) is 31.2 Å². The molecule has 0 atom stereocenters. The summed E-state index contributed by atoms with van der Waals surface area (Å²) >= 11 is 16.9. The minimum absolute atomic E-state index is 0.0918. The number of nitrogens with one attached hydrogen (secondary N) is 3. The summed E-state index contributed by atoms with van der Waals surface area (Å²) in [7, 11) is 0. The van der Waals surface area contributed by atoms with Gasteiger partial charge >= 0.3 is 0 Å². The molecular weight excluding hydrogens is 381 g/mol. The van der Waals surface area contributed by atoms with Crippen LogP contribution in [0.25, 0.3) is 0 Å². The van der Waals surface area contributed by atoms with Crippen molar-refractivity contribution in [2.45, 2.75) is 13.3 Å². The highest BCUT2D eigenvalue weighted by molar-refractivity contribution is 7.80. The predicted molar refractivity (Wildman–Crippen MR) is 106 cm³/mol. The maximum absolute atomic E-state index is 12.2. The second kappa shape index (κ2) is 8.80. The number of thiocarbonyl (C=S) groups is 1. The molecule has 0 fully saturated rings. The molecule has 130 valence electrons. The van der Waals surface area contributed by atoms with Crippen LogP contribution in [0.2, 0.25) is 10.0 Å². The van der Waals surface area contributed by atoms with E-state index >= 15 is 0 Å². The van der Waals surface area contributed by atoms with Gasteiger partial charge in [0.15, 0.2) is 5.11 Å². The molecule has 3 N–H and O–H groups in total. The van der Waals surface area contributed by atoms with Gasteiger partial charge in [0.25, 0.3) is 5.91 Å². The quantitative estimate of drug-likeness (QED) is 0.667. The first-order chi connectivity index (χ1) is 11.9. The molecule has 25 heavy (non-hydrogen) atoms. The summed E-state index contributed by atoms with van der Waals surface area (Å²) in [6.45, 7) is 1.77. The van der Waals surface area contributed by atoms with Crippen LogP contribution in [0.15, 0.2) is 42.5 Å². The lowest BCUT2D eigenvalue weighted by molar-refractivity contribution is -0.115. The Bertz CT molecular complexity index is 807. The van der Waals surface area contributed by atoms with Crippen LogP contribution in [-0.2, 0) is 4.79 Å². The van der Waals surface area contributed by atoms with Gasteiger partial charge in [0.05, 0.1) is 0 Å². The molecule has 2 amide bonds. The van der Waals surface area contributed by atoms with Gasteiger partial charge in [-0.05, 0) is 48.6 Å². The van der Waals surface area contributed by atoms with E-state index < -0.39 is 5.91 Å². The lowest BCUT2D eigenvalue weighted by Gasteiger charge is -2.11. The van der Waals surface area contributed by atoms with E-state index in [2.05, 4.69) is 16.0 Å². The Morgan fingerprint density at radius 3 is 2.20 bits per heavy atom. The molecule has 8 heteroatoms. The van der Waals surface area contributed by atoms with Crippen molar-refractivity contribution in [3.05, 3.63) is 58.1 Å². The van der Waals surface area contributed by atoms with E-state index in [1.165, 1.54) is 18.2 Å². The van der Waals surface area contributed by atoms with Crippen molar-refractivity contribution in [3.8, 4) is 0 Å². The van der Waals surface area contributed by atoms with Gasteiger partial charge in [0.2, 0.25) is 5.91 Å². The highest BCUT2D eigenvalue weighted by Crippen LogP contribution is 2.19. The van der Waals surface area contributed by atoms with Crippen LogP contribution in [-0.4, -0.2) is 16.9 Å². The lowest BCUT2D eigenvalue weighted by atomic mass is 10.2. The van der Waals surface area contributed by atoms with Gasteiger partial charge in [-0.25, -0.2) is 0 Å². The molecule has 0 saturated heterocycles. The fourth-order valence-electron chi connectivity index (χ4n) is 1.95. The second-order valence-corrected chi connectivity index (χ2v) is 6.33. The molecule has 5 nitrogen and oxygen atoms in total. The number of carbonyl (C=O) groups excluding carboxylic acids is 2. The fraction of sp³-hybridized carbons (Fsp3) is 0.118. The third-order valence-corrected chi connectivity index (χ3v) is 3.72. The van der Waals surface area contributed by atoms with Crippen LogP contribution in [0.1, 0.15) is 23.7 Å². The van der Waals surface area contributed by atoms with Gasteiger partial charge in [-0.15, -0.1) is 0 Å². The Labute approximate surface area is 160 Å². The summed E-state index contributed by atoms with van der Waals surface area (Å²) < 4.78 is 0. The van der Waals surface area contributed by atoms with Crippen molar-refractivity contribution >= 4 is 63.7 Å². The van der Waals surface area contributed by atoms with Crippen molar-refractivity contribution < 1.29 is 9.59 Å². The maximum atomic E-state index is 12.2. The number of rotatable bonds is 4. The zero-order valence-electron chi connectivity index (χ0n) is 13.2. The third-order valence-electron chi connectivity index (χ3n) is 3.08. The normalized spacial score (nSPS) is 10.0. The molecular formula is C17H15Cl2N3O2S. The smallest absolute Gasteiger partial charge is 0.257 e. The van der Waals surface area contributed by atoms with Crippen LogP contribution >= 0.6 is 35.4 Å². The van der Waals surface area contributed by atoms with Crippen molar-refractivity contribution in [2.24, 2.45) is 0 Å². The fourth-order valence-corrected chi connectivity index (χ4v) is 2.68. The molecule has 0 spiro atoms. The highest BCUT2D eigenvalue weighted by Gasteiger charge is 2.10. The van der Waals surface area contributed by atoms with Crippen LogP contribution in [0.4, 0.5) is 11.4 Å². The summed E-state index contributed by atoms with van der Waals surface area (Å²) in [5, 5.41) is 9.00. The second-order valence-electron chi connectivity index (χ2n) is 5.05. The molecule has 0 saturated carbocycles. The number of halogens is 2. The van der Waals surface area contributed by atoms with Crippen LogP contribution in [0.3, 0.4) is 0 Å². The standard InChI is InChI=1S/C17H15Cl2N3O2S/c1-2-15(23)20-13-4-3-5-14(9-13)21-17(25)22-16(24)10-6-11(18)8-12(19)7-10/h3-9H,2H2,1H3,(H,20,23)(H2,21,22,24,25). The predicted octanol–water partition coefficient (Wildman–Crippen LogP) is 4.47. The van der Waals surface area contributed by atoms with Gasteiger partial charge in [-0.1, -0.05) is 36.2 Å². The summed E-state index contributed by atoms with van der Waals surface area (Å²) in [5.41, 5.74) is 1.56. The van der Waals surface area contributed by atoms with Gasteiger partial charge in [0.1, 0.15) is 0 Å². The van der Waals surface area contributed by atoms with Crippen molar-refractivity contribution in [1.82, 2.24) is 5.32 Å². The lowest BCUT2D eigenvalue weighted by Crippen LogP contribution is -2.34. The number of carbonyl (C=O) groups is 2. The summed E-state index contributed by atoms with van der Waals surface area (Å²) in [6, 6.07) is 11.5. The Kier molecular flexibility index (Phi) is 6.75. The topological polar surface area (TPSA) is 70.2 Å². The van der Waals surface area contributed by atoms with Gasteiger partial charge < -0.3 is 10.6 Å². The Hall–Kier alpha value is -2.15. The molecule has 2 aromatic carbocycles. The van der Waals surface area contributed by atoms with Crippen molar-refractivity contribution in [1.29, 1.82) is 0 Å². The first-order valence-electron chi connectivity index (χ1n) is 7.35. The number of anilines is 2. The molecule has 0 aliphatic rings. The third kappa shape index (κ3) is 6.01. The molecule has 0 unspecified atom stereocenters. The molecule has 0 aliphatic carbocycles. The average Bonchev–Trinajstić information content (AvgIpc) is 2.54. The molecule has 0 bridgehead atoms. The SMILES string of the molecule is CCC(=O)Nc1cccc(NC(=S)NC(=O)c2cc(Cl)cc(Cl)c2)c1. The largest absolute Gasteiger partial charge is 0.332 e.